The van der Waals surface area contributed by atoms with Crippen molar-refractivity contribution in [3.63, 3.8) is 0 Å². The van der Waals surface area contributed by atoms with Crippen molar-refractivity contribution < 1.29 is 4.79 Å². The minimum atomic E-state index is 0. The number of hydrogen-bond donors (Lipinski definition) is 2. The number of carbonyl (C=O) groups excluding carboxylic acids is 1. The maximum Gasteiger partial charge on any atom is 0.225 e. The number of amides is 1. The normalized spacial score (nSPS) is 16.6. The lowest BCUT2D eigenvalue weighted by molar-refractivity contribution is -0.133. The van der Waals surface area contributed by atoms with Gasteiger partial charge in [-0.25, -0.2) is 4.98 Å². The number of aliphatic imine (C=N–C) groups is 1. The molecule has 3 rings (SSSR count). The first-order valence-corrected chi connectivity index (χ1v) is 9.84. The van der Waals surface area contributed by atoms with Crippen LogP contribution in [0, 0.1) is 5.92 Å². The highest BCUT2D eigenvalue weighted by Crippen LogP contribution is 2.13. The Hall–Kier alpha value is -2.10. The van der Waals surface area contributed by atoms with E-state index in [1.54, 1.807) is 13.2 Å². The maximum atomic E-state index is 12.1. The quantitative estimate of drug-likeness (QED) is 0.356. The highest BCUT2D eigenvalue weighted by molar-refractivity contribution is 14.0. The van der Waals surface area contributed by atoms with Crippen molar-refractivity contribution in [2.75, 3.05) is 20.1 Å². The van der Waals surface area contributed by atoms with E-state index in [0.29, 0.717) is 6.54 Å². The van der Waals surface area contributed by atoms with Crippen molar-refractivity contribution in [1.29, 1.82) is 0 Å². The summed E-state index contributed by atoms with van der Waals surface area (Å²) in [5.41, 5.74) is 2.44. The molecule has 1 saturated heterocycles. The molecule has 0 spiro atoms. The van der Waals surface area contributed by atoms with E-state index in [1.807, 2.05) is 35.8 Å². The predicted molar refractivity (Wildman–Crippen MR) is 126 cm³/mol. The first-order chi connectivity index (χ1) is 13.5. The second-order valence-electron chi connectivity index (χ2n) is 7.55. The Labute approximate surface area is 190 Å². The lowest BCUT2D eigenvalue weighted by Gasteiger charge is -2.20. The van der Waals surface area contributed by atoms with Crippen LogP contribution in [0.1, 0.15) is 31.4 Å². The number of guanidine groups is 1. The molecular formula is C21H31IN6O. The van der Waals surface area contributed by atoms with Gasteiger partial charge in [0.15, 0.2) is 5.96 Å². The molecule has 1 fully saturated rings. The van der Waals surface area contributed by atoms with Crippen LogP contribution in [0.5, 0.6) is 0 Å². The van der Waals surface area contributed by atoms with E-state index in [9.17, 15) is 4.79 Å². The number of rotatable bonds is 6. The number of imidazole rings is 1. The zero-order chi connectivity index (χ0) is 19.9. The number of aromatic nitrogens is 2. The summed E-state index contributed by atoms with van der Waals surface area (Å²) in [5.74, 6) is 1.04. The molecule has 2 aromatic rings. The summed E-state index contributed by atoms with van der Waals surface area (Å²) >= 11 is 0. The monoisotopic (exact) mass is 510 g/mol. The number of hydrogen-bond acceptors (Lipinski definition) is 3. The average Bonchev–Trinajstić information content (AvgIpc) is 3.37. The van der Waals surface area contributed by atoms with E-state index in [4.69, 9.17) is 0 Å². The molecular weight excluding hydrogens is 479 g/mol. The fraction of sp³-hybridized carbons (Fsp3) is 0.476. The van der Waals surface area contributed by atoms with Crippen molar-refractivity contribution in [3.8, 4) is 0 Å². The van der Waals surface area contributed by atoms with Crippen LogP contribution in [-0.2, 0) is 17.9 Å². The average molecular weight is 510 g/mol. The summed E-state index contributed by atoms with van der Waals surface area (Å²) in [6, 6.07) is 8.78. The van der Waals surface area contributed by atoms with Crippen molar-refractivity contribution in [2.24, 2.45) is 10.9 Å². The van der Waals surface area contributed by atoms with Gasteiger partial charge in [0.25, 0.3) is 0 Å². The molecule has 1 unspecified atom stereocenters. The molecule has 1 atom stereocenters. The van der Waals surface area contributed by atoms with E-state index >= 15 is 0 Å². The van der Waals surface area contributed by atoms with Crippen LogP contribution in [0.15, 0.2) is 48.0 Å². The van der Waals surface area contributed by atoms with Gasteiger partial charge in [0, 0.05) is 57.6 Å². The molecule has 158 valence electrons. The van der Waals surface area contributed by atoms with Crippen LogP contribution in [0.2, 0.25) is 0 Å². The van der Waals surface area contributed by atoms with E-state index in [2.05, 4.69) is 44.9 Å². The van der Waals surface area contributed by atoms with E-state index in [1.165, 1.54) is 11.1 Å². The highest BCUT2D eigenvalue weighted by Gasteiger charge is 2.27. The molecule has 2 heterocycles. The van der Waals surface area contributed by atoms with Gasteiger partial charge in [-0.05, 0) is 17.5 Å². The minimum Gasteiger partial charge on any atom is -0.352 e. The molecule has 0 radical (unpaired) electrons. The summed E-state index contributed by atoms with van der Waals surface area (Å²) in [7, 11) is 1.77. The number of halogens is 1. The molecule has 8 heteroatoms. The van der Waals surface area contributed by atoms with Crippen molar-refractivity contribution in [2.45, 2.75) is 39.4 Å². The van der Waals surface area contributed by atoms with Crippen LogP contribution in [0.3, 0.4) is 0 Å². The molecule has 1 aliphatic rings. The molecule has 0 saturated carbocycles. The molecule has 0 bridgehead atoms. The second-order valence-corrected chi connectivity index (χ2v) is 7.55. The molecule has 1 amide bonds. The largest absolute Gasteiger partial charge is 0.352 e. The Kier molecular flexibility index (Phi) is 8.94. The first kappa shape index (κ1) is 23.2. The lowest BCUT2D eigenvalue weighted by Crippen LogP contribution is -2.45. The standard InChI is InChI=1S/C21H30N6O.HI/c1-16(2)20(28)27-10-8-19(14-27)25-21(22-3)24-12-17-4-6-18(7-5-17)13-26-11-9-23-15-26;/h4-7,9,11,15-16,19H,8,10,12-14H2,1-3H3,(H2,22,24,25);1H. The summed E-state index contributed by atoms with van der Waals surface area (Å²) in [5, 5.41) is 6.80. The molecule has 1 aromatic heterocycles. The number of likely N-dealkylation sites (tertiary alicyclic amines) is 1. The van der Waals surface area contributed by atoms with Gasteiger partial charge in [-0.2, -0.15) is 0 Å². The molecule has 7 nitrogen and oxygen atoms in total. The topological polar surface area (TPSA) is 74.6 Å². The van der Waals surface area contributed by atoms with Gasteiger partial charge in [-0.15, -0.1) is 24.0 Å². The van der Waals surface area contributed by atoms with Crippen molar-refractivity contribution in [3.05, 3.63) is 54.1 Å². The molecule has 2 N–H and O–H groups in total. The number of nitrogens with zero attached hydrogens (tertiary/aromatic N) is 4. The van der Waals surface area contributed by atoms with Gasteiger partial charge in [0.05, 0.1) is 6.33 Å². The smallest absolute Gasteiger partial charge is 0.225 e. The number of carbonyl (C=O) groups is 1. The van der Waals surface area contributed by atoms with Crippen molar-refractivity contribution >= 4 is 35.8 Å². The molecule has 1 aliphatic heterocycles. The number of nitrogens with one attached hydrogen (secondary N) is 2. The number of benzene rings is 1. The first-order valence-electron chi connectivity index (χ1n) is 9.84. The Morgan fingerprint density at radius 2 is 2.00 bits per heavy atom. The summed E-state index contributed by atoms with van der Waals surface area (Å²) in [6.07, 6.45) is 6.52. The lowest BCUT2D eigenvalue weighted by atomic mass is 10.1. The van der Waals surface area contributed by atoms with Gasteiger partial charge in [-0.1, -0.05) is 38.1 Å². The SMILES string of the molecule is CN=C(NCc1ccc(Cn2ccnc2)cc1)NC1CCN(C(=O)C(C)C)C1.I. The van der Waals surface area contributed by atoms with Crippen LogP contribution >= 0.6 is 24.0 Å². The highest BCUT2D eigenvalue weighted by atomic mass is 127. The van der Waals surface area contributed by atoms with Gasteiger partial charge in [-0.3, -0.25) is 9.79 Å². The molecule has 29 heavy (non-hydrogen) atoms. The Morgan fingerprint density at radius 1 is 1.28 bits per heavy atom. The zero-order valence-corrected chi connectivity index (χ0v) is 19.7. The van der Waals surface area contributed by atoms with Crippen LogP contribution < -0.4 is 10.6 Å². The Morgan fingerprint density at radius 3 is 2.62 bits per heavy atom. The summed E-state index contributed by atoms with van der Waals surface area (Å²) in [6.45, 7) is 6.97. The maximum absolute atomic E-state index is 12.1. The summed E-state index contributed by atoms with van der Waals surface area (Å²) < 4.78 is 2.05. The van der Waals surface area contributed by atoms with Crippen LogP contribution in [-0.4, -0.2) is 52.5 Å². The van der Waals surface area contributed by atoms with Gasteiger partial charge in [0.2, 0.25) is 5.91 Å². The fourth-order valence-electron chi connectivity index (χ4n) is 3.37. The fourth-order valence-corrected chi connectivity index (χ4v) is 3.37. The third-order valence-electron chi connectivity index (χ3n) is 4.97. The van der Waals surface area contributed by atoms with Gasteiger partial charge in [0.1, 0.15) is 0 Å². The molecule has 0 aliphatic carbocycles. The van der Waals surface area contributed by atoms with Gasteiger partial charge < -0.3 is 20.1 Å². The predicted octanol–water partition coefficient (Wildman–Crippen LogP) is 2.47. The zero-order valence-electron chi connectivity index (χ0n) is 17.3. The van der Waals surface area contributed by atoms with E-state index in [0.717, 1.165) is 32.0 Å². The van der Waals surface area contributed by atoms with E-state index < -0.39 is 0 Å². The Bertz CT molecular complexity index is 788. The third kappa shape index (κ3) is 6.73. The molecule has 1 aromatic carbocycles. The summed E-state index contributed by atoms with van der Waals surface area (Å²) in [4.78, 5) is 22.5. The van der Waals surface area contributed by atoms with Crippen LogP contribution in [0.25, 0.3) is 0 Å². The van der Waals surface area contributed by atoms with Gasteiger partial charge >= 0.3 is 0 Å². The van der Waals surface area contributed by atoms with E-state index in [-0.39, 0.29) is 41.8 Å². The minimum absolute atomic E-state index is 0. The van der Waals surface area contributed by atoms with Crippen molar-refractivity contribution in [1.82, 2.24) is 25.1 Å². The Balaban J connectivity index is 0.00000300. The van der Waals surface area contributed by atoms with Crippen LogP contribution in [0.4, 0.5) is 0 Å². The third-order valence-corrected chi connectivity index (χ3v) is 4.97. The second kappa shape index (κ2) is 11.2.